The Hall–Kier alpha value is -3.16. The van der Waals surface area contributed by atoms with Gasteiger partial charge < -0.3 is 5.32 Å². The number of H-pyrrole nitrogens is 1. The van der Waals surface area contributed by atoms with Crippen LogP contribution in [0.3, 0.4) is 0 Å². The standard InChI is InChI=1S/C22H19ClN4O2S/c1-14-16(11-12-20(28)24-18-10-6-5-9-17(18)23)21(29)27(26-14)22-25-19(13-30-22)15-7-3-2-4-8-15/h2-10,13,26H,11-12H2,1H3,(H,24,28). The van der Waals surface area contributed by atoms with Crippen molar-refractivity contribution in [3.63, 3.8) is 0 Å². The molecular formula is C22H19ClN4O2S. The maximum absolute atomic E-state index is 12.9. The predicted molar refractivity (Wildman–Crippen MR) is 121 cm³/mol. The lowest BCUT2D eigenvalue weighted by Gasteiger charge is -2.06. The summed E-state index contributed by atoms with van der Waals surface area (Å²) < 4.78 is 1.44. The van der Waals surface area contributed by atoms with Gasteiger partial charge in [0.25, 0.3) is 5.56 Å². The molecule has 4 rings (SSSR count). The summed E-state index contributed by atoms with van der Waals surface area (Å²) in [5.41, 5.74) is 3.47. The van der Waals surface area contributed by atoms with E-state index in [0.717, 1.165) is 17.0 Å². The van der Waals surface area contributed by atoms with E-state index in [1.807, 2.05) is 42.6 Å². The van der Waals surface area contributed by atoms with Crippen LogP contribution in [0.1, 0.15) is 17.7 Å². The highest BCUT2D eigenvalue weighted by Crippen LogP contribution is 2.23. The van der Waals surface area contributed by atoms with E-state index in [1.54, 1.807) is 24.3 Å². The summed E-state index contributed by atoms with van der Waals surface area (Å²) in [4.78, 5) is 29.8. The van der Waals surface area contributed by atoms with Crippen LogP contribution in [0, 0.1) is 6.92 Å². The van der Waals surface area contributed by atoms with Crippen LogP contribution in [0.25, 0.3) is 16.4 Å². The second-order valence-electron chi connectivity index (χ2n) is 6.77. The van der Waals surface area contributed by atoms with Crippen molar-refractivity contribution in [2.45, 2.75) is 19.8 Å². The molecule has 8 heteroatoms. The van der Waals surface area contributed by atoms with E-state index in [-0.39, 0.29) is 17.9 Å². The van der Waals surface area contributed by atoms with Crippen LogP contribution < -0.4 is 10.9 Å². The fourth-order valence-electron chi connectivity index (χ4n) is 3.13. The molecular weight excluding hydrogens is 420 g/mol. The molecule has 0 atom stereocenters. The van der Waals surface area contributed by atoms with E-state index >= 15 is 0 Å². The van der Waals surface area contributed by atoms with Crippen molar-refractivity contribution in [3.8, 4) is 16.4 Å². The quantitative estimate of drug-likeness (QED) is 0.452. The van der Waals surface area contributed by atoms with Gasteiger partial charge in [-0.3, -0.25) is 14.7 Å². The van der Waals surface area contributed by atoms with Crippen molar-refractivity contribution < 1.29 is 4.79 Å². The molecule has 2 aromatic carbocycles. The van der Waals surface area contributed by atoms with Crippen LogP contribution in [0.2, 0.25) is 5.02 Å². The van der Waals surface area contributed by atoms with E-state index in [1.165, 1.54) is 16.0 Å². The summed E-state index contributed by atoms with van der Waals surface area (Å²) in [6.07, 6.45) is 0.494. The third-order valence-electron chi connectivity index (χ3n) is 4.70. The number of aromatic amines is 1. The first-order chi connectivity index (χ1) is 14.5. The minimum Gasteiger partial charge on any atom is -0.325 e. The Kier molecular flexibility index (Phi) is 5.83. The molecule has 0 radical (unpaired) electrons. The molecule has 6 nitrogen and oxygen atoms in total. The molecule has 152 valence electrons. The average Bonchev–Trinajstić information content (AvgIpc) is 3.34. The number of hydrogen-bond donors (Lipinski definition) is 2. The summed E-state index contributed by atoms with van der Waals surface area (Å²) in [7, 11) is 0. The van der Waals surface area contributed by atoms with Crippen LogP contribution >= 0.6 is 22.9 Å². The highest BCUT2D eigenvalue weighted by Gasteiger charge is 2.16. The summed E-state index contributed by atoms with van der Waals surface area (Å²) in [6.45, 7) is 1.82. The zero-order valence-electron chi connectivity index (χ0n) is 16.2. The van der Waals surface area contributed by atoms with Crippen LogP contribution in [-0.4, -0.2) is 20.7 Å². The largest absolute Gasteiger partial charge is 0.325 e. The molecule has 0 spiro atoms. The Morgan fingerprint density at radius 2 is 1.90 bits per heavy atom. The normalized spacial score (nSPS) is 10.9. The number of hydrogen-bond acceptors (Lipinski definition) is 4. The Morgan fingerprint density at radius 3 is 2.67 bits per heavy atom. The van der Waals surface area contributed by atoms with Gasteiger partial charge in [0.1, 0.15) is 0 Å². The highest BCUT2D eigenvalue weighted by atomic mass is 35.5. The number of aryl methyl sites for hydroxylation is 1. The van der Waals surface area contributed by atoms with Gasteiger partial charge >= 0.3 is 0 Å². The zero-order chi connectivity index (χ0) is 21.1. The first-order valence-corrected chi connectivity index (χ1v) is 10.6. The Bertz CT molecular complexity index is 1240. The number of benzene rings is 2. The summed E-state index contributed by atoms with van der Waals surface area (Å²) in [5, 5.41) is 8.82. The molecule has 0 aliphatic carbocycles. The van der Waals surface area contributed by atoms with Crippen molar-refractivity contribution >= 4 is 34.5 Å². The van der Waals surface area contributed by atoms with Crippen molar-refractivity contribution in [3.05, 3.63) is 86.6 Å². The maximum atomic E-state index is 12.9. The fraction of sp³-hybridized carbons (Fsp3) is 0.136. The summed E-state index contributed by atoms with van der Waals surface area (Å²) in [5.74, 6) is -0.199. The lowest BCUT2D eigenvalue weighted by molar-refractivity contribution is -0.116. The van der Waals surface area contributed by atoms with Gasteiger partial charge in [-0.05, 0) is 25.5 Å². The molecule has 0 bridgehead atoms. The van der Waals surface area contributed by atoms with Crippen molar-refractivity contribution in [2.75, 3.05) is 5.32 Å². The number of thiazole rings is 1. The monoisotopic (exact) mass is 438 g/mol. The van der Waals surface area contributed by atoms with E-state index < -0.39 is 0 Å². The van der Waals surface area contributed by atoms with E-state index in [9.17, 15) is 9.59 Å². The highest BCUT2D eigenvalue weighted by molar-refractivity contribution is 7.12. The van der Waals surface area contributed by atoms with Gasteiger partial charge in [-0.25, -0.2) is 4.98 Å². The van der Waals surface area contributed by atoms with Gasteiger partial charge in [0, 0.05) is 28.6 Å². The average molecular weight is 439 g/mol. The van der Waals surface area contributed by atoms with Crippen molar-refractivity contribution in [1.82, 2.24) is 14.8 Å². The molecule has 0 aliphatic heterocycles. The van der Waals surface area contributed by atoms with Gasteiger partial charge in [0.2, 0.25) is 11.0 Å². The van der Waals surface area contributed by atoms with Gasteiger partial charge in [0.05, 0.1) is 16.4 Å². The number of anilines is 1. The molecule has 0 unspecified atom stereocenters. The number of aromatic nitrogens is 3. The fourth-order valence-corrected chi connectivity index (χ4v) is 4.11. The number of carbonyl (C=O) groups excluding carboxylic acids is 1. The van der Waals surface area contributed by atoms with Crippen LogP contribution in [0.4, 0.5) is 5.69 Å². The topological polar surface area (TPSA) is 79.8 Å². The van der Waals surface area contributed by atoms with Gasteiger partial charge in [-0.2, -0.15) is 4.68 Å². The van der Waals surface area contributed by atoms with Crippen LogP contribution in [0.15, 0.2) is 64.8 Å². The molecule has 2 aromatic heterocycles. The number of para-hydroxylation sites is 1. The van der Waals surface area contributed by atoms with Gasteiger partial charge in [-0.15, -0.1) is 11.3 Å². The predicted octanol–water partition coefficient (Wildman–Crippen LogP) is 4.82. The Balaban J connectivity index is 1.49. The minimum absolute atomic E-state index is 0.173. The zero-order valence-corrected chi connectivity index (χ0v) is 17.8. The molecule has 2 N–H and O–H groups in total. The third kappa shape index (κ3) is 4.22. The van der Waals surface area contributed by atoms with Crippen molar-refractivity contribution in [1.29, 1.82) is 0 Å². The second kappa shape index (κ2) is 8.69. The first kappa shape index (κ1) is 20.1. The Labute approximate surface area is 182 Å². The first-order valence-electron chi connectivity index (χ1n) is 9.39. The lowest BCUT2D eigenvalue weighted by atomic mass is 10.1. The van der Waals surface area contributed by atoms with Crippen molar-refractivity contribution in [2.24, 2.45) is 0 Å². The van der Waals surface area contributed by atoms with E-state index in [4.69, 9.17) is 11.6 Å². The number of carbonyl (C=O) groups is 1. The molecule has 0 saturated heterocycles. The molecule has 2 heterocycles. The number of nitrogens with zero attached hydrogens (tertiary/aromatic N) is 2. The van der Waals surface area contributed by atoms with E-state index in [2.05, 4.69) is 15.4 Å². The molecule has 4 aromatic rings. The number of halogens is 1. The lowest BCUT2D eigenvalue weighted by Crippen LogP contribution is -2.19. The number of amides is 1. The van der Waals surface area contributed by atoms with Crippen LogP contribution in [-0.2, 0) is 11.2 Å². The number of rotatable bonds is 6. The van der Waals surface area contributed by atoms with Gasteiger partial charge in [-0.1, -0.05) is 54.1 Å². The third-order valence-corrected chi connectivity index (χ3v) is 5.85. The van der Waals surface area contributed by atoms with E-state index in [0.29, 0.717) is 27.8 Å². The molecule has 0 saturated carbocycles. The molecule has 1 amide bonds. The SMILES string of the molecule is Cc1[nH]n(-c2nc(-c3ccccc3)cs2)c(=O)c1CCC(=O)Nc1ccccc1Cl. The molecule has 0 aliphatic rings. The Morgan fingerprint density at radius 1 is 1.17 bits per heavy atom. The van der Waals surface area contributed by atoms with Crippen LogP contribution in [0.5, 0.6) is 0 Å². The molecule has 0 fully saturated rings. The smallest absolute Gasteiger partial charge is 0.276 e. The van der Waals surface area contributed by atoms with Gasteiger partial charge in [0.15, 0.2) is 0 Å². The summed E-state index contributed by atoms with van der Waals surface area (Å²) >= 11 is 7.46. The second-order valence-corrected chi connectivity index (χ2v) is 8.01. The maximum Gasteiger partial charge on any atom is 0.276 e. The minimum atomic E-state index is -0.199. The number of nitrogens with one attached hydrogen (secondary N) is 2. The molecule has 30 heavy (non-hydrogen) atoms. The summed E-state index contributed by atoms with van der Waals surface area (Å²) in [6, 6.07) is 16.8.